The van der Waals surface area contributed by atoms with Gasteiger partial charge in [-0.1, -0.05) is 28.1 Å². The molecule has 1 aromatic carbocycles. The first-order valence-electron chi connectivity index (χ1n) is 9.08. The fourth-order valence-electron chi connectivity index (χ4n) is 3.36. The number of aromatic amines is 1. The number of methoxy groups -OCH3 is 1. The molecule has 1 aliphatic heterocycles. The number of piperidine rings is 1. The van der Waals surface area contributed by atoms with Crippen LogP contribution in [0.5, 0.6) is 0 Å². The Morgan fingerprint density at radius 3 is 2.85 bits per heavy atom. The van der Waals surface area contributed by atoms with E-state index in [4.69, 9.17) is 4.74 Å². The molecule has 27 heavy (non-hydrogen) atoms. The molecule has 3 atom stereocenters. The van der Waals surface area contributed by atoms with E-state index < -0.39 is 12.5 Å². The maximum absolute atomic E-state index is 12.9. The number of imidazole rings is 1. The molecule has 2 heterocycles. The number of carbonyl (C=O) groups excluding carboxylic acids is 1. The third-order valence-electron chi connectivity index (χ3n) is 4.84. The molecule has 8 heteroatoms. The van der Waals surface area contributed by atoms with Gasteiger partial charge >= 0.3 is 0 Å². The Hall–Kier alpha value is -1.74. The highest BCUT2D eigenvalue weighted by Crippen LogP contribution is 2.31. The lowest BCUT2D eigenvalue weighted by Gasteiger charge is -2.36. The number of amides is 1. The zero-order valence-electron chi connectivity index (χ0n) is 15.5. The number of H-pyrrole nitrogens is 1. The van der Waals surface area contributed by atoms with Crippen LogP contribution in [0.25, 0.3) is 11.3 Å². The van der Waals surface area contributed by atoms with Gasteiger partial charge in [0.1, 0.15) is 5.82 Å². The van der Waals surface area contributed by atoms with Gasteiger partial charge in [0.15, 0.2) is 0 Å². The summed E-state index contributed by atoms with van der Waals surface area (Å²) in [6.45, 7) is 2.40. The quantitative estimate of drug-likeness (QED) is 0.605. The number of hydrogen-bond donors (Lipinski definition) is 3. The van der Waals surface area contributed by atoms with E-state index in [1.54, 1.807) is 6.92 Å². The maximum atomic E-state index is 12.9. The minimum atomic E-state index is -1.17. The van der Waals surface area contributed by atoms with Crippen molar-refractivity contribution in [2.24, 2.45) is 0 Å². The van der Waals surface area contributed by atoms with Crippen molar-refractivity contribution in [3.05, 3.63) is 40.8 Å². The second-order valence-electron chi connectivity index (χ2n) is 6.71. The maximum Gasteiger partial charge on any atom is 0.240 e. The summed E-state index contributed by atoms with van der Waals surface area (Å²) in [7, 11) is 1.38. The number of nitrogens with one attached hydrogen (secondary N) is 2. The molecule has 7 nitrogen and oxygen atoms in total. The molecule has 0 aliphatic carbocycles. The van der Waals surface area contributed by atoms with E-state index in [9.17, 15) is 9.90 Å². The number of carbonyl (C=O) groups is 1. The van der Waals surface area contributed by atoms with E-state index in [1.165, 1.54) is 7.11 Å². The summed E-state index contributed by atoms with van der Waals surface area (Å²) < 4.78 is 5.81. The number of hydrogen-bond acceptors (Lipinski definition) is 5. The van der Waals surface area contributed by atoms with Crippen molar-refractivity contribution in [3.8, 4) is 11.3 Å². The average Bonchev–Trinajstić information content (AvgIpc) is 3.17. The second kappa shape index (κ2) is 8.97. The van der Waals surface area contributed by atoms with Gasteiger partial charge in [0.2, 0.25) is 12.3 Å². The SMILES string of the molecule is COC(O)NC(C)C(=O)N1CCCCC1c1ncc(-c2ccc(Br)cc2)[nH]1. The summed E-state index contributed by atoms with van der Waals surface area (Å²) in [5.41, 5.74) is 1.97. The van der Waals surface area contributed by atoms with Gasteiger partial charge in [-0.3, -0.25) is 10.1 Å². The zero-order chi connectivity index (χ0) is 19.4. The lowest BCUT2D eigenvalue weighted by molar-refractivity contribution is -0.144. The van der Waals surface area contributed by atoms with E-state index in [0.29, 0.717) is 6.54 Å². The zero-order valence-corrected chi connectivity index (χ0v) is 17.1. The normalized spacial score (nSPS) is 19.7. The molecule has 146 valence electrons. The fraction of sp³-hybridized carbons (Fsp3) is 0.474. The van der Waals surface area contributed by atoms with E-state index in [0.717, 1.165) is 40.8 Å². The van der Waals surface area contributed by atoms with Crippen LogP contribution in [0.15, 0.2) is 34.9 Å². The molecule has 0 saturated carbocycles. The molecular weight excluding hydrogens is 412 g/mol. The van der Waals surface area contributed by atoms with Crippen molar-refractivity contribution < 1.29 is 14.6 Å². The highest BCUT2D eigenvalue weighted by molar-refractivity contribution is 9.10. The molecule has 1 aromatic heterocycles. The highest BCUT2D eigenvalue weighted by atomic mass is 79.9. The van der Waals surface area contributed by atoms with E-state index in [2.05, 4.69) is 31.2 Å². The molecule has 1 saturated heterocycles. The van der Waals surface area contributed by atoms with Crippen molar-refractivity contribution in [1.82, 2.24) is 20.2 Å². The molecule has 1 amide bonds. The number of likely N-dealkylation sites (tertiary alicyclic amines) is 1. The minimum Gasteiger partial charge on any atom is -0.356 e. The molecule has 0 spiro atoms. The van der Waals surface area contributed by atoms with Gasteiger partial charge in [-0.2, -0.15) is 0 Å². The Morgan fingerprint density at radius 1 is 1.41 bits per heavy atom. The molecule has 2 aromatic rings. The van der Waals surface area contributed by atoms with Crippen LogP contribution in [0.1, 0.15) is 38.1 Å². The predicted octanol–water partition coefficient (Wildman–Crippen LogP) is 2.79. The lowest BCUT2D eigenvalue weighted by Crippen LogP contribution is -2.51. The predicted molar refractivity (Wildman–Crippen MR) is 106 cm³/mol. The van der Waals surface area contributed by atoms with Gasteiger partial charge in [-0.25, -0.2) is 4.98 Å². The smallest absolute Gasteiger partial charge is 0.240 e. The standard InChI is InChI=1S/C19H25BrN4O3/c1-12(22-19(26)27-2)18(25)24-10-4-3-5-16(24)17-21-11-15(23-17)13-6-8-14(20)9-7-13/h6-9,11-12,16,19,22,26H,3-5,10H2,1-2H3,(H,21,23). The molecule has 0 radical (unpaired) electrons. The Balaban J connectivity index is 1.77. The summed E-state index contributed by atoms with van der Waals surface area (Å²) in [6, 6.07) is 7.36. The number of nitrogens with zero attached hydrogens (tertiary/aromatic N) is 2. The van der Waals surface area contributed by atoms with Crippen LogP contribution in [-0.2, 0) is 9.53 Å². The topological polar surface area (TPSA) is 90.5 Å². The van der Waals surface area contributed by atoms with E-state index in [1.807, 2.05) is 35.4 Å². The van der Waals surface area contributed by atoms with Gasteiger partial charge in [-0.05, 0) is 43.9 Å². The number of halogens is 1. The first-order chi connectivity index (χ1) is 13.0. The highest BCUT2D eigenvalue weighted by Gasteiger charge is 2.32. The molecule has 1 fully saturated rings. The largest absolute Gasteiger partial charge is 0.356 e. The van der Waals surface area contributed by atoms with Crippen LogP contribution in [0.3, 0.4) is 0 Å². The molecule has 0 bridgehead atoms. The van der Waals surface area contributed by atoms with Gasteiger partial charge in [-0.15, -0.1) is 0 Å². The molecular formula is C19H25BrN4O3. The van der Waals surface area contributed by atoms with Crippen molar-refractivity contribution in [2.75, 3.05) is 13.7 Å². The average molecular weight is 437 g/mol. The Kier molecular flexibility index (Phi) is 6.64. The molecule has 3 N–H and O–H groups in total. The molecule has 3 rings (SSSR count). The fourth-order valence-corrected chi connectivity index (χ4v) is 3.63. The minimum absolute atomic E-state index is 0.0719. The number of benzene rings is 1. The van der Waals surface area contributed by atoms with Crippen LogP contribution in [0, 0.1) is 0 Å². The van der Waals surface area contributed by atoms with Crippen molar-refractivity contribution in [2.45, 2.75) is 44.7 Å². The van der Waals surface area contributed by atoms with Crippen molar-refractivity contribution in [3.63, 3.8) is 0 Å². The third kappa shape index (κ3) is 4.76. The van der Waals surface area contributed by atoms with Gasteiger partial charge in [0.25, 0.3) is 0 Å². The second-order valence-corrected chi connectivity index (χ2v) is 7.62. The number of rotatable bonds is 6. The van der Waals surface area contributed by atoms with Gasteiger partial charge < -0.3 is 19.7 Å². The number of ether oxygens (including phenoxy) is 1. The van der Waals surface area contributed by atoms with Crippen LogP contribution in [0.2, 0.25) is 0 Å². The summed E-state index contributed by atoms with van der Waals surface area (Å²) in [5.74, 6) is 0.720. The van der Waals surface area contributed by atoms with Crippen molar-refractivity contribution in [1.29, 1.82) is 0 Å². The van der Waals surface area contributed by atoms with Gasteiger partial charge in [0.05, 0.1) is 24.0 Å². The summed E-state index contributed by atoms with van der Waals surface area (Å²) in [4.78, 5) is 22.7. The first-order valence-corrected chi connectivity index (χ1v) is 9.87. The van der Waals surface area contributed by atoms with Crippen LogP contribution in [-0.4, -0.2) is 52.0 Å². The van der Waals surface area contributed by atoms with Crippen LogP contribution >= 0.6 is 15.9 Å². The summed E-state index contributed by atoms with van der Waals surface area (Å²) in [6.07, 6.45) is 3.51. The Bertz CT molecular complexity index is 765. The monoisotopic (exact) mass is 436 g/mol. The number of aliphatic hydroxyl groups is 1. The number of aromatic nitrogens is 2. The third-order valence-corrected chi connectivity index (χ3v) is 5.37. The molecule has 1 aliphatic rings. The first kappa shape index (κ1) is 20.0. The lowest BCUT2D eigenvalue weighted by atomic mass is 10.0. The number of aliphatic hydroxyl groups excluding tert-OH is 1. The van der Waals surface area contributed by atoms with Crippen LogP contribution in [0.4, 0.5) is 0 Å². The molecule has 3 unspecified atom stereocenters. The van der Waals surface area contributed by atoms with E-state index in [-0.39, 0.29) is 11.9 Å². The van der Waals surface area contributed by atoms with Gasteiger partial charge in [0, 0.05) is 18.1 Å². The van der Waals surface area contributed by atoms with Crippen molar-refractivity contribution >= 4 is 21.8 Å². The Morgan fingerprint density at radius 2 is 2.15 bits per heavy atom. The summed E-state index contributed by atoms with van der Waals surface area (Å²) >= 11 is 3.44. The van der Waals surface area contributed by atoms with E-state index >= 15 is 0 Å². The Labute approximate surface area is 167 Å². The summed E-state index contributed by atoms with van der Waals surface area (Å²) in [5, 5.41) is 12.3. The van der Waals surface area contributed by atoms with Crippen LogP contribution < -0.4 is 5.32 Å².